The predicted octanol–water partition coefficient (Wildman–Crippen LogP) is 3.89. The normalized spacial score (nSPS) is 10.2. The fraction of sp³-hybridized carbons (Fsp3) is 0.176. The van der Waals surface area contributed by atoms with Crippen LogP contribution in [0.5, 0.6) is 5.75 Å². The first-order valence-electron chi connectivity index (χ1n) is 7.18. The third kappa shape index (κ3) is 6.82. The van der Waals surface area contributed by atoms with Gasteiger partial charge in [0, 0.05) is 21.6 Å². The molecule has 1 N–H and O–H groups in total. The maximum absolute atomic E-state index is 11.7. The molecule has 2 rings (SSSR count). The molecule has 0 aliphatic carbocycles. The highest BCUT2D eigenvalue weighted by Crippen LogP contribution is 2.20. The van der Waals surface area contributed by atoms with Gasteiger partial charge in [0.15, 0.2) is 13.2 Å². The first-order valence-corrected chi connectivity index (χ1v) is 8.32. The highest BCUT2D eigenvalue weighted by Gasteiger charge is 2.09. The zero-order valence-electron chi connectivity index (χ0n) is 12.9. The van der Waals surface area contributed by atoms with Gasteiger partial charge in [0.25, 0.3) is 5.91 Å². The summed E-state index contributed by atoms with van der Waals surface area (Å²) in [4.78, 5) is 23.3. The Labute approximate surface area is 159 Å². The van der Waals surface area contributed by atoms with Crippen LogP contribution in [0.1, 0.15) is 5.56 Å². The lowest BCUT2D eigenvalue weighted by Gasteiger charge is -2.09. The number of rotatable bonds is 7. The van der Waals surface area contributed by atoms with Crippen LogP contribution in [0.25, 0.3) is 0 Å². The van der Waals surface area contributed by atoms with Gasteiger partial charge in [-0.1, -0.05) is 46.9 Å². The molecule has 0 spiro atoms. The SMILES string of the molecule is O=C(COC(=O)COc1cccc(Cl)c1)NCc1ccc(Cl)cc1Cl. The van der Waals surface area contributed by atoms with Crippen molar-refractivity contribution in [1.82, 2.24) is 5.32 Å². The van der Waals surface area contributed by atoms with Crippen molar-refractivity contribution in [3.8, 4) is 5.75 Å². The number of benzene rings is 2. The van der Waals surface area contributed by atoms with Crippen LogP contribution in [0.3, 0.4) is 0 Å². The van der Waals surface area contributed by atoms with Gasteiger partial charge in [-0.05, 0) is 35.9 Å². The molecule has 5 nitrogen and oxygen atoms in total. The Kier molecular flexibility index (Phi) is 7.37. The summed E-state index contributed by atoms with van der Waals surface area (Å²) < 4.78 is 10.0. The second-order valence-corrected chi connectivity index (χ2v) is 6.20. The van der Waals surface area contributed by atoms with Crippen molar-refractivity contribution in [2.24, 2.45) is 0 Å². The van der Waals surface area contributed by atoms with Crippen molar-refractivity contribution in [3.63, 3.8) is 0 Å². The number of esters is 1. The molecule has 0 heterocycles. The molecule has 2 aromatic rings. The lowest BCUT2D eigenvalue weighted by Crippen LogP contribution is -2.29. The van der Waals surface area contributed by atoms with Gasteiger partial charge in [-0.25, -0.2) is 4.79 Å². The Hall–Kier alpha value is -1.95. The van der Waals surface area contributed by atoms with E-state index < -0.39 is 18.5 Å². The first-order chi connectivity index (χ1) is 11.9. The highest BCUT2D eigenvalue weighted by atomic mass is 35.5. The van der Waals surface area contributed by atoms with Crippen LogP contribution >= 0.6 is 34.8 Å². The van der Waals surface area contributed by atoms with Crippen LogP contribution in [0.4, 0.5) is 0 Å². The molecular formula is C17H14Cl3NO4. The van der Waals surface area contributed by atoms with Crippen molar-refractivity contribution in [3.05, 3.63) is 63.1 Å². The summed E-state index contributed by atoms with van der Waals surface area (Å²) in [6.07, 6.45) is 0. The average molecular weight is 403 g/mol. The third-order valence-corrected chi connectivity index (χ3v) is 3.83. The van der Waals surface area contributed by atoms with Crippen molar-refractivity contribution >= 4 is 46.7 Å². The summed E-state index contributed by atoms with van der Waals surface area (Å²) in [6.45, 7) is -0.537. The summed E-state index contributed by atoms with van der Waals surface area (Å²) >= 11 is 17.6. The van der Waals surface area contributed by atoms with Crippen LogP contribution in [-0.2, 0) is 20.9 Å². The monoisotopic (exact) mass is 401 g/mol. The molecule has 132 valence electrons. The number of ether oxygens (including phenoxy) is 2. The van der Waals surface area contributed by atoms with E-state index in [1.165, 1.54) is 0 Å². The predicted molar refractivity (Wildman–Crippen MR) is 96.2 cm³/mol. The fourth-order valence-electron chi connectivity index (χ4n) is 1.80. The first kappa shape index (κ1) is 19.4. The Balaban J connectivity index is 1.69. The molecule has 0 aromatic heterocycles. The molecule has 2 aromatic carbocycles. The zero-order valence-corrected chi connectivity index (χ0v) is 15.2. The maximum atomic E-state index is 11.7. The van der Waals surface area contributed by atoms with Crippen molar-refractivity contribution in [2.45, 2.75) is 6.54 Å². The Bertz CT molecular complexity index is 767. The topological polar surface area (TPSA) is 64.6 Å². The van der Waals surface area contributed by atoms with Gasteiger partial charge < -0.3 is 14.8 Å². The van der Waals surface area contributed by atoms with E-state index in [2.05, 4.69) is 5.32 Å². The van der Waals surface area contributed by atoms with Crippen molar-refractivity contribution in [2.75, 3.05) is 13.2 Å². The molecule has 0 aliphatic heterocycles. The number of amides is 1. The number of carbonyl (C=O) groups excluding carboxylic acids is 2. The summed E-state index contributed by atoms with van der Waals surface area (Å²) in [7, 11) is 0. The number of carbonyl (C=O) groups is 2. The van der Waals surface area contributed by atoms with Gasteiger partial charge in [0.05, 0.1) is 0 Å². The number of hydrogen-bond acceptors (Lipinski definition) is 4. The quantitative estimate of drug-likeness (QED) is 0.714. The molecule has 0 saturated carbocycles. The molecule has 0 aliphatic rings. The van der Waals surface area contributed by atoms with E-state index >= 15 is 0 Å². The minimum absolute atomic E-state index is 0.200. The van der Waals surface area contributed by atoms with E-state index in [1.807, 2.05) is 0 Å². The van der Waals surface area contributed by atoms with E-state index in [0.717, 1.165) is 0 Å². The highest BCUT2D eigenvalue weighted by molar-refractivity contribution is 6.35. The van der Waals surface area contributed by atoms with E-state index in [4.69, 9.17) is 44.3 Å². The Morgan fingerprint density at radius 3 is 2.44 bits per heavy atom. The number of nitrogens with one attached hydrogen (secondary N) is 1. The number of halogens is 3. The lowest BCUT2D eigenvalue weighted by atomic mass is 10.2. The average Bonchev–Trinajstić information content (AvgIpc) is 2.57. The van der Waals surface area contributed by atoms with Crippen molar-refractivity contribution in [1.29, 1.82) is 0 Å². The number of hydrogen-bond donors (Lipinski definition) is 1. The standard InChI is InChI=1S/C17H14Cl3NO4/c18-12-2-1-3-14(6-12)24-10-17(23)25-9-16(22)21-8-11-4-5-13(19)7-15(11)20/h1-7H,8-10H2,(H,21,22). The molecule has 0 radical (unpaired) electrons. The van der Waals surface area contributed by atoms with E-state index in [-0.39, 0.29) is 13.2 Å². The maximum Gasteiger partial charge on any atom is 0.344 e. The van der Waals surface area contributed by atoms with Crippen LogP contribution in [-0.4, -0.2) is 25.1 Å². The molecule has 1 amide bonds. The third-order valence-electron chi connectivity index (χ3n) is 3.01. The molecule has 0 bridgehead atoms. The Morgan fingerprint density at radius 2 is 1.72 bits per heavy atom. The van der Waals surface area contributed by atoms with Gasteiger partial charge in [-0.3, -0.25) is 4.79 Å². The van der Waals surface area contributed by atoms with E-state index in [1.54, 1.807) is 42.5 Å². The minimum atomic E-state index is -0.667. The van der Waals surface area contributed by atoms with Gasteiger partial charge in [0.1, 0.15) is 5.75 Å². The van der Waals surface area contributed by atoms with Gasteiger partial charge in [0.2, 0.25) is 0 Å². The smallest absolute Gasteiger partial charge is 0.344 e. The second-order valence-electron chi connectivity index (χ2n) is 4.92. The van der Waals surface area contributed by atoms with Gasteiger partial charge in [-0.15, -0.1) is 0 Å². The molecule has 8 heteroatoms. The summed E-state index contributed by atoms with van der Waals surface area (Å²) in [5.74, 6) is -0.687. The molecule has 0 unspecified atom stereocenters. The summed E-state index contributed by atoms with van der Waals surface area (Å²) in [5.41, 5.74) is 0.704. The summed E-state index contributed by atoms with van der Waals surface area (Å²) in [5, 5.41) is 4.04. The summed E-state index contributed by atoms with van der Waals surface area (Å²) in [6, 6.07) is 11.6. The van der Waals surface area contributed by atoms with Crippen LogP contribution in [0.2, 0.25) is 15.1 Å². The molecule has 0 atom stereocenters. The van der Waals surface area contributed by atoms with Crippen LogP contribution < -0.4 is 10.1 Å². The van der Waals surface area contributed by atoms with E-state index in [9.17, 15) is 9.59 Å². The zero-order chi connectivity index (χ0) is 18.2. The Morgan fingerprint density at radius 1 is 0.960 bits per heavy atom. The molecule has 0 fully saturated rings. The van der Waals surface area contributed by atoms with Gasteiger partial charge >= 0.3 is 5.97 Å². The minimum Gasteiger partial charge on any atom is -0.482 e. The fourth-order valence-corrected chi connectivity index (χ4v) is 2.45. The molecule has 25 heavy (non-hydrogen) atoms. The lowest BCUT2D eigenvalue weighted by molar-refractivity contribution is -0.150. The van der Waals surface area contributed by atoms with E-state index in [0.29, 0.717) is 26.4 Å². The van der Waals surface area contributed by atoms with Gasteiger partial charge in [-0.2, -0.15) is 0 Å². The van der Waals surface area contributed by atoms with Crippen LogP contribution in [0, 0.1) is 0 Å². The molecular weight excluding hydrogens is 389 g/mol. The van der Waals surface area contributed by atoms with Crippen molar-refractivity contribution < 1.29 is 19.1 Å². The largest absolute Gasteiger partial charge is 0.482 e. The molecule has 0 saturated heterocycles. The van der Waals surface area contributed by atoms with Crippen LogP contribution in [0.15, 0.2) is 42.5 Å². The second kappa shape index (κ2) is 9.51.